The van der Waals surface area contributed by atoms with Crippen molar-refractivity contribution in [3.63, 3.8) is 0 Å². The SMILES string of the molecule is Cc1cnc(C(C)NS(=O)(=O)c2ccc(Br)cc2Br)o1. The molecule has 0 amide bonds. The zero-order chi connectivity index (χ0) is 14.9. The van der Waals surface area contributed by atoms with Gasteiger partial charge in [0.1, 0.15) is 5.76 Å². The van der Waals surface area contributed by atoms with Crippen LogP contribution in [-0.2, 0) is 10.0 Å². The minimum absolute atomic E-state index is 0.163. The number of benzene rings is 1. The maximum atomic E-state index is 12.3. The van der Waals surface area contributed by atoms with E-state index in [-0.39, 0.29) is 4.90 Å². The third-order valence-corrected chi connectivity index (χ3v) is 5.54. The second-order valence-corrected chi connectivity index (χ2v) is 7.68. The van der Waals surface area contributed by atoms with Gasteiger partial charge in [-0.2, -0.15) is 4.72 Å². The van der Waals surface area contributed by atoms with Crippen LogP contribution in [-0.4, -0.2) is 13.4 Å². The normalized spacial score (nSPS) is 13.4. The quantitative estimate of drug-likeness (QED) is 0.816. The van der Waals surface area contributed by atoms with Crippen molar-refractivity contribution in [1.82, 2.24) is 9.71 Å². The molecule has 0 fully saturated rings. The van der Waals surface area contributed by atoms with Gasteiger partial charge in [-0.15, -0.1) is 0 Å². The molecule has 1 heterocycles. The molecule has 108 valence electrons. The summed E-state index contributed by atoms with van der Waals surface area (Å²) in [6.07, 6.45) is 1.55. The number of hydrogen-bond acceptors (Lipinski definition) is 4. The first kappa shape index (κ1) is 15.7. The van der Waals surface area contributed by atoms with E-state index in [2.05, 4.69) is 41.6 Å². The molecular formula is C12H12Br2N2O3S. The molecule has 1 aromatic heterocycles. The zero-order valence-corrected chi connectivity index (χ0v) is 14.7. The van der Waals surface area contributed by atoms with Crippen LogP contribution in [0.5, 0.6) is 0 Å². The third kappa shape index (κ3) is 3.49. The van der Waals surface area contributed by atoms with Gasteiger partial charge in [0.15, 0.2) is 0 Å². The first-order chi connectivity index (χ1) is 9.29. The summed E-state index contributed by atoms with van der Waals surface area (Å²) in [6, 6.07) is 4.31. The Balaban J connectivity index is 2.27. The molecule has 0 spiro atoms. The van der Waals surface area contributed by atoms with Crippen molar-refractivity contribution in [1.29, 1.82) is 0 Å². The Bertz CT molecular complexity index is 728. The number of halogens is 2. The number of nitrogens with zero attached hydrogens (tertiary/aromatic N) is 1. The summed E-state index contributed by atoms with van der Waals surface area (Å²) in [5.74, 6) is 0.968. The number of nitrogens with one attached hydrogen (secondary N) is 1. The van der Waals surface area contributed by atoms with Crippen LogP contribution < -0.4 is 4.72 Å². The van der Waals surface area contributed by atoms with E-state index in [1.165, 1.54) is 6.07 Å². The van der Waals surface area contributed by atoms with Gasteiger partial charge in [0.05, 0.1) is 17.1 Å². The van der Waals surface area contributed by atoms with Gasteiger partial charge in [0.2, 0.25) is 15.9 Å². The molecule has 20 heavy (non-hydrogen) atoms. The maximum absolute atomic E-state index is 12.3. The lowest BCUT2D eigenvalue weighted by Gasteiger charge is -2.12. The fraction of sp³-hybridized carbons (Fsp3) is 0.250. The Morgan fingerprint density at radius 2 is 2.05 bits per heavy atom. The topological polar surface area (TPSA) is 72.2 Å². The molecule has 1 N–H and O–H groups in total. The first-order valence-electron chi connectivity index (χ1n) is 5.69. The highest BCUT2D eigenvalue weighted by Crippen LogP contribution is 2.26. The van der Waals surface area contributed by atoms with Crippen LogP contribution in [0, 0.1) is 6.92 Å². The van der Waals surface area contributed by atoms with Gasteiger partial charge in [-0.25, -0.2) is 13.4 Å². The van der Waals surface area contributed by atoms with E-state index in [0.29, 0.717) is 16.1 Å². The van der Waals surface area contributed by atoms with Gasteiger partial charge in [-0.1, -0.05) is 15.9 Å². The maximum Gasteiger partial charge on any atom is 0.242 e. The summed E-state index contributed by atoms with van der Waals surface area (Å²) < 4.78 is 33.8. The number of hydrogen-bond donors (Lipinski definition) is 1. The molecule has 0 aliphatic rings. The molecule has 0 bridgehead atoms. The molecule has 1 aromatic carbocycles. The number of sulfonamides is 1. The molecule has 1 unspecified atom stereocenters. The van der Waals surface area contributed by atoms with Crippen LogP contribution in [0.25, 0.3) is 0 Å². The molecular weight excluding hydrogens is 412 g/mol. The predicted octanol–water partition coefficient (Wildman–Crippen LogP) is 3.55. The summed E-state index contributed by atoms with van der Waals surface area (Å²) in [7, 11) is -3.66. The highest BCUT2D eigenvalue weighted by molar-refractivity contribution is 9.11. The van der Waals surface area contributed by atoms with Crippen LogP contribution in [0.15, 0.2) is 42.7 Å². The average Bonchev–Trinajstić information content (AvgIpc) is 2.74. The lowest BCUT2D eigenvalue weighted by Crippen LogP contribution is -2.27. The second-order valence-electron chi connectivity index (χ2n) is 4.23. The molecule has 2 rings (SSSR count). The van der Waals surface area contributed by atoms with E-state index in [1.54, 1.807) is 32.2 Å². The summed E-state index contributed by atoms with van der Waals surface area (Å²) in [5, 5.41) is 0. The minimum Gasteiger partial charge on any atom is -0.444 e. The van der Waals surface area contributed by atoms with Crippen molar-refractivity contribution in [2.24, 2.45) is 0 Å². The van der Waals surface area contributed by atoms with Gasteiger partial charge >= 0.3 is 0 Å². The van der Waals surface area contributed by atoms with Crippen molar-refractivity contribution in [3.8, 4) is 0 Å². The standard InChI is InChI=1S/C12H12Br2N2O3S/c1-7-6-15-12(19-7)8(2)16-20(17,18)11-4-3-9(13)5-10(11)14/h3-6,8,16H,1-2H3. The fourth-order valence-electron chi connectivity index (χ4n) is 1.61. The van der Waals surface area contributed by atoms with E-state index >= 15 is 0 Å². The van der Waals surface area contributed by atoms with E-state index in [9.17, 15) is 8.42 Å². The van der Waals surface area contributed by atoms with E-state index in [4.69, 9.17) is 4.42 Å². The van der Waals surface area contributed by atoms with Crippen LogP contribution in [0.4, 0.5) is 0 Å². The van der Waals surface area contributed by atoms with Crippen molar-refractivity contribution in [2.45, 2.75) is 24.8 Å². The van der Waals surface area contributed by atoms with E-state index in [1.807, 2.05) is 0 Å². The highest BCUT2D eigenvalue weighted by atomic mass is 79.9. The lowest BCUT2D eigenvalue weighted by atomic mass is 10.4. The average molecular weight is 424 g/mol. The lowest BCUT2D eigenvalue weighted by molar-refractivity contribution is 0.427. The Morgan fingerprint density at radius 1 is 1.35 bits per heavy atom. The highest BCUT2D eigenvalue weighted by Gasteiger charge is 2.23. The van der Waals surface area contributed by atoms with Gasteiger partial charge in [0, 0.05) is 8.95 Å². The molecule has 1 atom stereocenters. The largest absolute Gasteiger partial charge is 0.444 e. The summed E-state index contributed by atoms with van der Waals surface area (Å²) >= 11 is 6.53. The molecule has 0 aliphatic carbocycles. The summed E-state index contributed by atoms with van der Waals surface area (Å²) in [4.78, 5) is 4.18. The van der Waals surface area contributed by atoms with Crippen LogP contribution in [0.1, 0.15) is 24.6 Å². The Morgan fingerprint density at radius 3 is 2.60 bits per heavy atom. The molecule has 5 nitrogen and oxygen atoms in total. The van der Waals surface area contributed by atoms with Gasteiger partial charge < -0.3 is 4.42 Å². The van der Waals surface area contributed by atoms with Crippen molar-refractivity contribution >= 4 is 41.9 Å². The number of oxazole rings is 1. The number of rotatable bonds is 4. The monoisotopic (exact) mass is 422 g/mol. The van der Waals surface area contributed by atoms with Crippen LogP contribution in [0.3, 0.4) is 0 Å². The summed E-state index contributed by atoms with van der Waals surface area (Å²) in [5.41, 5.74) is 0. The zero-order valence-electron chi connectivity index (χ0n) is 10.7. The predicted molar refractivity (Wildman–Crippen MR) is 81.8 cm³/mol. The third-order valence-electron chi connectivity index (χ3n) is 2.52. The van der Waals surface area contributed by atoms with Crippen molar-refractivity contribution in [3.05, 3.63) is 45.0 Å². The van der Waals surface area contributed by atoms with Crippen LogP contribution >= 0.6 is 31.9 Å². The molecule has 0 saturated heterocycles. The van der Waals surface area contributed by atoms with E-state index in [0.717, 1.165) is 4.47 Å². The van der Waals surface area contributed by atoms with Crippen molar-refractivity contribution < 1.29 is 12.8 Å². The molecule has 0 radical (unpaired) electrons. The fourth-order valence-corrected chi connectivity index (χ4v) is 4.55. The first-order valence-corrected chi connectivity index (χ1v) is 8.76. The smallest absolute Gasteiger partial charge is 0.242 e. The molecule has 0 aliphatic heterocycles. The Hall–Kier alpha value is -0.700. The van der Waals surface area contributed by atoms with Gasteiger partial charge in [0.25, 0.3) is 0 Å². The minimum atomic E-state index is -3.66. The molecule has 8 heteroatoms. The Labute approximate surface area is 134 Å². The van der Waals surface area contributed by atoms with Crippen LogP contribution in [0.2, 0.25) is 0 Å². The summed E-state index contributed by atoms with van der Waals surface area (Å²) in [6.45, 7) is 3.43. The number of aryl methyl sites for hydroxylation is 1. The number of aromatic nitrogens is 1. The van der Waals surface area contributed by atoms with E-state index < -0.39 is 16.1 Å². The van der Waals surface area contributed by atoms with Gasteiger partial charge in [-0.3, -0.25) is 0 Å². The second kappa shape index (κ2) is 5.97. The van der Waals surface area contributed by atoms with Crippen molar-refractivity contribution in [2.75, 3.05) is 0 Å². The molecule has 0 saturated carbocycles. The molecule has 2 aromatic rings. The Kier molecular flexibility index (Phi) is 4.68. The van der Waals surface area contributed by atoms with Gasteiger partial charge in [-0.05, 0) is 48.0 Å².